The van der Waals surface area contributed by atoms with Crippen LogP contribution in [0.4, 0.5) is 0 Å². The molecule has 0 amide bonds. The van der Waals surface area contributed by atoms with Crippen molar-refractivity contribution >= 4 is 61.1 Å². The third-order valence-electron chi connectivity index (χ3n) is 12.6. The van der Waals surface area contributed by atoms with Crippen molar-refractivity contribution < 1.29 is 0 Å². The largest absolute Gasteiger partial charge is 0.179 e. The second kappa shape index (κ2) is 15.5. The predicted molar refractivity (Wildman–Crippen MR) is 264 cm³/mol. The van der Waals surface area contributed by atoms with Crippen LogP contribution in [0.1, 0.15) is 0 Å². The molecule has 0 saturated carbocycles. The highest BCUT2D eigenvalue weighted by Crippen LogP contribution is 2.46. The maximum absolute atomic E-state index is 2.59. The minimum absolute atomic E-state index is 1.20. The molecule has 0 nitrogen and oxygen atoms in total. The van der Waals surface area contributed by atoms with Gasteiger partial charge >= 0.3 is 0 Å². The van der Waals surface area contributed by atoms with E-state index in [1.807, 2.05) is 0 Å². The van der Waals surface area contributed by atoms with Crippen molar-refractivity contribution in [2.45, 2.75) is 0 Å². The van der Waals surface area contributed by atoms with Gasteiger partial charge in [0, 0.05) is 0 Å². The van der Waals surface area contributed by atoms with E-state index in [0.717, 1.165) is 0 Å². The Morgan fingerprint density at radius 3 is 1.10 bits per heavy atom. The molecule has 0 aliphatic heterocycles. The lowest BCUT2D eigenvalue weighted by Crippen LogP contribution is -2.74. The molecule has 0 atom stereocenters. The van der Waals surface area contributed by atoms with Crippen molar-refractivity contribution in [1.82, 2.24) is 0 Å². The van der Waals surface area contributed by atoms with E-state index in [0.29, 0.717) is 0 Å². The number of fused-ring (bicyclic) bond motifs is 3. The first-order valence-electron chi connectivity index (χ1n) is 21.2. The monoisotopic (exact) mass is 790 g/mol. The van der Waals surface area contributed by atoms with Gasteiger partial charge in [-0.2, -0.15) is 0 Å². The molecule has 0 radical (unpaired) electrons. The molecule has 11 aromatic rings. The fourth-order valence-corrected chi connectivity index (χ4v) is 14.6. The number of hydrogen-bond donors (Lipinski definition) is 0. The average molecular weight is 791 g/mol. The lowest BCUT2D eigenvalue weighted by molar-refractivity contribution is 1.61. The summed E-state index contributed by atoms with van der Waals surface area (Å²) < 4.78 is 0. The van der Waals surface area contributed by atoms with E-state index in [2.05, 4.69) is 255 Å². The molecule has 11 aromatic carbocycles. The lowest BCUT2D eigenvalue weighted by atomic mass is 9.83. The molecule has 61 heavy (non-hydrogen) atoms. The fourth-order valence-electron chi connectivity index (χ4n) is 9.85. The molecule has 0 aliphatic rings. The van der Waals surface area contributed by atoms with Crippen molar-refractivity contribution in [1.29, 1.82) is 0 Å². The van der Waals surface area contributed by atoms with Crippen LogP contribution in [0.25, 0.3) is 76.8 Å². The molecule has 0 saturated heterocycles. The normalized spacial score (nSPS) is 11.6. The van der Waals surface area contributed by atoms with E-state index in [1.54, 1.807) is 0 Å². The van der Waals surface area contributed by atoms with Crippen LogP contribution in [0, 0.1) is 0 Å². The maximum Gasteiger partial charge on any atom is 0.179 e. The molecule has 11 rings (SSSR count). The Morgan fingerprint density at radius 1 is 0.213 bits per heavy atom. The van der Waals surface area contributed by atoms with Crippen molar-refractivity contribution in [2.24, 2.45) is 0 Å². The van der Waals surface area contributed by atoms with Crippen LogP contribution in [0.5, 0.6) is 0 Å². The molecular weight excluding hydrogens is 749 g/mol. The van der Waals surface area contributed by atoms with Gasteiger partial charge in [-0.15, -0.1) is 0 Å². The van der Waals surface area contributed by atoms with Gasteiger partial charge in [0.15, 0.2) is 8.07 Å². The molecule has 1 heteroatoms. The summed E-state index contributed by atoms with van der Waals surface area (Å²) in [6, 6.07) is 94.4. The SMILES string of the molecule is c1ccc([Si](c2ccccc2)(c2ccccc2)c2ccc(-c3ccc(-c4c5ccccc5c(-c5ccccc5-c5ccc6ccccc6c5)c5ccccc45)cc3)cc2)cc1. The van der Waals surface area contributed by atoms with Crippen LogP contribution in [0.15, 0.2) is 255 Å². The van der Waals surface area contributed by atoms with Crippen LogP contribution in [0.3, 0.4) is 0 Å². The average Bonchev–Trinajstić information content (AvgIpc) is 3.35. The smallest absolute Gasteiger partial charge is 0.0623 e. The second-order valence-electron chi connectivity index (χ2n) is 16.0. The first-order valence-corrected chi connectivity index (χ1v) is 23.2. The van der Waals surface area contributed by atoms with Gasteiger partial charge in [-0.05, 0) is 104 Å². The van der Waals surface area contributed by atoms with E-state index in [9.17, 15) is 0 Å². The van der Waals surface area contributed by atoms with Crippen molar-refractivity contribution in [3.05, 3.63) is 255 Å². The molecular formula is C60H42Si. The molecule has 0 unspecified atom stereocenters. The van der Waals surface area contributed by atoms with E-state index >= 15 is 0 Å². The lowest BCUT2D eigenvalue weighted by Gasteiger charge is -2.34. The van der Waals surface area contributed by atoms with E-state index in [1.165, 1.54) is 97.6 Å². The Balaban J connectivity index is 1.02. The second-order valence-corrected chi connectivity index (χ2v) is 19.8. The molecule has 0 heterocycles. The van der Waals surface area contributed by atoms with Crippen molar-refractivity contribution in [3.8, 4) is 44.5 Å². The highest BCUT2D eigenvalue weighted by atomic mass is 28.3. The summed E-state index contributed by atoms with van der Waals surface area (Å²) >= 11 is 0. The van der Waals surface area contributed by atoms with Crippen molar-refractivity contribution in [3.63, 3.8) is 0 Å². The Hall–Kier alpha value is -7.58. The highest BCUT2D eigenvalue weighted by molar-refractivity contribution is 7.19. The van der Waals surface area contributed by atoms with Gasteiger partial charge in [-0.3, -0.25) is 0 Å². The minimum atomic E-state index is -2.59. The summed E-state index contributed by atoms with van der Waals surface area (Å²) in [6.45, 7) is 0. The molecule has 0 fully saturated rings. The zero-order valence-electron chi connectivity index (χ0n) is 33.7. The van der Waals surface area contributed by atoms with Crippen LogP contribution >= 0.6 is 0 Å². The van der Waals surface area contributed by atoms with Crippen LogP contribution < -0.4 is 20.7 Å². The first-order chi connectivity index (χ1) is 30.3. The first kappa shape index (κ1) is 36.5. The fraction of sp³-hybridized carbons (Fsp3) is 0. The minimum Gasteiger partial charge on any atom is -0.0623 e. The standard InChI is InChI=1S/C60H42Si/c1-4-20-49(21-5-1)61(50-22-6-2-7-23-50,51-24-8-3-9-25-51)52-40-38-45(39-41-52)44-32-35-46(36-33-44)59-55-28-14-16-30-57(55)60(58-31-17-15-29-56(58)59)54-27-13-12-26-53(54)48-37-34-43-18-10-11-19-47(43)42-48/h1-42H. The predicted octanol–water partition coefficient (Wildman–Crippen LogP) is 13.2. The number of hydrogen-bond acceptors (Lipinski definition) is 0. The van der Waals surface area contributed by atoms with Gasteiger partial charge in [0.2, 0.25) is 0 Å². The Morgan fingerprint density at radius 2 is 0.574 bits per heavy atom. The van der Waals surface area contributed by atoms with Gasteiger partial charge < -0.3 is 0 Å². The van der Waals surface area contributed by atoms with Gasteiger partial charge in [0.25, 0.3) is 0 Å². The molecule has 0 bridgehead atoms. The Kier molecular flexibility index (Phi) is 9.30. The molecule has 0 aliphatic carbocycles. The highest BCUT2D eigenvalue weighted by Gasteiger charge is 2.41. The van der Waals surface area contributed by atoms with E-state index in [4.69, 9.17) is 0 Å². The van der Waals surface area contributed by atoms with Crippen molar-refractivity contribution in [2.75, 3.05) is 0 Å². The summed E-state index contributed by atoms with van der Waals surface area (Å²) in [4.78, 5) is 0. The van der Waals surface area contributed by atoms with Gasteiger partial charge in [0.05, 0.1) is 0 Å². The molecule has 0 aromatic heterocycles. The zero-order chi connectivity index (χ0) is 40.6. The zero-order valence-corrected chi connectivity index (χ0v) is 34.7. The number of benzene rings is 11. The molecule has 0 spiro atoms. The molecule has 286 valence electrons. The van der Waals surface area contributed by atoms with E-state index < -0.39 is 8.07 Å². The van der Waals surface area contributed by atoms with Gasteiger partial charge in [-0.1, -0.05) is 249 Å². The molecule has 0 N–H and O–H groups in total. The summed E-state index contributed by atoms with van der Waals surface area (Å²) in [6.07, 6.45) is 0. The summed E-state index contributed by atoms with van der Waals surface area (Å²) in [5.41, 5.74) is 9.88. The topological polar surface area (TPSA) is 0 Å². The Bertz CT molecular complexity index is 3160. The third kappa shape index (κ3) is 6.30. The summed E-state index contributed by atoms with van der Waals surface area (Å²) in [5, 5.41) is 13.0. The third-order valence-corrected chi connectivity index (χ3v) is 17.4. The van der Waals surface area contributed by atoms with Gasteiger partial charge in [-0.25, -0.2) is 0 Å². The Labute approximate surface area is 358 Å². The summed E-state index contributed by atoms with van der Waals surface area (Å²) in [7, 11) is -2.59. The maximum atomic E-state index is 2.39. The number of rotatable bonds is 8. The summed E-state index contributed by atoms with van der Waals surface area (Å²) in [5.74, 6) is 0. The quantitative estimate of drug-likeness (QED) is 0.0817. The van der Waals surface area contributed by atoms with Gasteiger partial charge in [0.1, 0.15) is 0 Å². The van der Waals surface area contributed by atoms with Crippen LogP contribution in [0.2, 0.25) is 0 Å². The van der Waals surface area contributed by atoms with E-state index in [-0.39, 0.29) is 0 Å². The van der Waals surface area contributed by atoms with Crippen LogP contribution in [-0.2, 0) is 0 Å². The van der Waals surface area contributed by atoms with Crippen LogP contribution in [-0.4, -0.2) is 8.07 Å².